The molecule has 9 nitrogen and oxygen atoms in total. The second-order valence-electron chi connectivity index (χ2n) is 7.96. The van der Waals surface area contributed by atoms with Crippen molar-refractivity contribution in [1.29, 1.82) is 0 Å². The maximum atomic E-state index is 12.4. The molecule has 178 valence electrons. The number of nitrogens with zero attached hydrogens (tertiary/aromatic N) is 4. The van der Waals surface area contributed by atoms with Crippen LogP contribution in [0, 0.1) is 0 Å². The average molecular weight is 464 g/mol. The van der Waals surface area contributed by atoms with Crippen molar-refractivity contribution in [3.8, 4) is 11.5 Å². The Bertz CT molecular complexity index is 1170. The number of methoxy groups -OCH3 is 2. The quantitative estimate of drug-likeness (QED) is 0.546. The number of ether oxygens (including phenoxy) is 2. The highest BCUT2D eigenvalue weighted by atomic mass is 16.5. The molecule has 1 saturated heterocycles. The number of rotatable bonds is 8. The fourth-order valence-corrected chi connectivity index (χ4v) is 3.92. The maximum Gasteiger partial charge on any atom is 0.267 e. The molecule has 1 fully saturated rings. The Morgan fingerprint density at radius 1 is 0.912 bits per heavy atom. The summed E-state index contributed by atoms with van der Waals surface area (Å²) in [5.41, 5.74) is 1.70. The Morgan fingerprint density at radius 2 is 1.62 bits per heavy atom. The van der Waals surface area contributed by atoms with Crippen molar-refractivity contribution in [2.24, 2.45) is 0 Å². The van der Waals surface area contributed by atoms with Crippen molar-refractivity contribution < 1.29 is 14.3 Å². The van der Waals surface area contributed by atoms with E-state index in [4.69, 9.17) is 9.47 Å². The van der Waals surface area contributed by atoms with Gasteiger partial charge in [-0.05, 0) is 35.9 Å². The van der Waals surface area contributed by atoms with Crippen LogP contribution in [-0.4, -0.2) is 56.1 Å². The van der Waals surface area contributed by atoms with Gasteiger partial charge in [0.15, 0.2) is 0 Å². The van der Waals surface area contributed by atoms with Gasteiger partial charge in [-0.25, -0.2) is 4.68 Å². The predicted octanol–water partition coefficient (Wildman–Crippen LogP) is 1.90. The summed E-state index contributed by atoms with van der Waals surface area (Å²) in [6.45, 7) is 3.30. The van der Waals surface area contributed by atoms with E-state index in [9.17, 15) is 9.59 Å². The Morgan fingerprint density at radius 3 is 2.32 bits per heavy atom. The third kappa shape index (κ3) is 5.48. The smallest absolute Gasteiger partial charge is 0.267 e. The molecule has 1 amide bonds. The topological polar surface area (TPSA) is 88.9 Å². The molecule has 2 aromatic carbocycles. The largest absolute Gasteiger partial charge is 0.497 e. The average Bonchev–Trinajstić information content (AvgIpc) is 2.89. The van der Waals surface area contributed by atoms with E-state index in [1.165, 1.54) is 10.7 Å². The van der Waals surface area contributed by atoms with E-state index in [2.05, 4.69) is 26.3 Å². The first-order valence-electron chi connectivity index (χ1n) is 11.2. The number of para-hydroxylation sites is 2. The highest BCUT2D eigenvalue weighted by molar-refractivity contribution is 5.75. The summed E-state index contributed by atoms with van der Waals surface area (Å²) in [4.78, 5) is 29.1. The van der Waals surface area contributed by atoms with Crippen molar-refractivity contribution in [2.45, 2.75) is 13.1 Å². The molecule has 0 bridgehead atoms. The molecule has 1 aliphatic rings. The summed E-state index contributed by atoms with van der Waals surface area (Å²) in [5.74, 6) is 2.01. The molecule has 1 aromatic heterocycles. The third-order valence-electron chi connectivity index (χ3n) is 5.82. The lowest BCUT2D eigenvalue weighted by Gasteiger charge is -2.37. The Labute approximate surface area is 198 Å². The van der Waals surface area contributed by atoms with Crippen LogP contribution in [0.3, 0.4) is 0 Å². The molecule has 9 heteroatoms. The molecule has 1 aliphatic heterocycles. The summed E-state index contributed by atoms with van der Waals surface area (Å²) in [5, 5.41) is 7.29. The van der Waals surface area contributed by atoms with E-state index in [0.29, 0.717) is 12.4 Å². The molecule has 0 spiro atoms. The minimum absolute atomic E-state index is 0.135. The van der Waals surface area contributed by atoms with Crippen LogP contribution < -0.4 is 30.1 Å². The lowest BCUT2D eigenvalue weighted by Crippen LogP contribution is -2.47. The van der Waals surface area contributed by atoms with Crippen molar-refractivity contribution in [3.63, 3.8) is 0 Å². The van der Waals surface area contributed by atoms with Crippen LogP contribution in [0.15, 0.2) is 65.5 Å². The van der Waals surface area contributed by atoms with E-state index >= 15 is 0 Å². The number of carbonyl (C=O) groups excluding carboxylic acids is 1. The SMILES string of the molecule is COc1ccc(CNC(=O)Cn2nc(N3CCN(c4ccccc4OC)CC3)ccc2=O)cc1. The van der Waals surface area contributed by atoms with E-state index in [-0.39, 0.29) is 18.0 Å². The van der Waals surface area contributed by atoms with Crippen LogP contribution in [-0.2, 0) is 17.9 Å². The van der Waals surface area contributed by atoms with Gasteiger partial charge in [0.05, 0.1) is 19.9 Å². The lowest BCUT2D eigenvalue weighted by atomic mass is 10.2. The van der Waals surface area contributed by atoms with E-state index in [1.54, 1.807) is 20.3 Å². The number of hydrogen-bond donors (Lipinski definition) is 1. The molecule has 0 radical (unpaired) electrons. The monoisotopic (exact) mass is 463 g/mol. The third-order valence-corrected chi connectivity index (χ3v) is 5.82. The summed E-state index contributed by atoms with van der Waals surface area (Å²) >= 11 is 0. The molecule has 0 saturated carbocycles. The first kappa shape index (κ1) is 23.2. The van der Waals surface area contributed by atoms with Crippen molar-refractivity contribution in [1.82, 2.24) is 15.1 Å². The first-order chi connectivity index (χ1) is 16.6. The zero-order chi connectivity index (χ0) is 23.9. The van der Waals surface area contributed by atoms with Crippen molar-refractivity contribution >= 4 is 17.4 Å². The summed E-state index contributed by atoms with van der Waals surface area (Å²) in [7, 11) is 3.28. The van der Waals surface area contributed by atoms with Gasteiger partial charge in [0.2, 0.25) is 5.91 Å². The van der Waals surface area contributed by atoms with E-state index in [1.807, 2.05) is 42.5 Å². The predicted molar refractivity (Wildman–Crippen MR) is 131 cm³/mol. The zero-order valence-corrected chi connectivity index (χ0v) is 19.4. The van der Waals surface area contributed by atoms with E-state index < -0.39 is 0 Å². The standard InChI is InChI=1S/C25H29N5O4/c1-33-20-9-7-19(8-10-20)17-26-24(31)18-30-25(32)12-11-23(27-30)29-15-13-28(14-16-29)21-5-3-4-6-22(21)34-2/h3-12H,13-18H2,1-2H3,(H,26,31). The summed E-state index contributed by atoms with van der Waals surface area (Å²) in [6, 6.07) is 18.6. The van der Waals surface area contributed by atoms with Crippen LogP contribution in [0.25, 0.3) is 0 Å². The molecule has 0 atom stereocenters. The highest BCUT2D eigenvalue weighted by Crippen LogP contribution is 2.28. The fourth-order valence-electron chi connectivity index (χ4n) is 3.92. The van der Waals surface area contributed by atoms with Crippen LogP contribution in [0.1, 0.15) is 5.56 Å². The number of carbonyl (C=O) groups is 1. The first-order valence-corrected chi connectivity index (χ1v) is 11.2. The number of aromatic nitrogens is 2. The van der Waals surface area contributed by atoms with Gasteiger partial charge in [-0.1, -0.05) is 24.3 Å². The second kappa shape index (κ2) is 10.7. The van der Waals surface area contributed by atoms with Gasteiger partial charge in [-0.15, -0.1) is 0 Å². The summed E-state index contributed by atoms with van der Waals surface area (Å²) in [6.07, 6.45) is 0. The van der Waals surface area contributed by atoms with Gasteiger partial charge in [0, 0.05) is 38.8 Å². The van der Waals surface area contributed by atoms with Gasteiger partial charge < -0.3 is 24.6 Å². The molecular formula is C25H29N5O4. The molecular weight excluding hydrogens is 434 g/mol. The Kier molecular flexibility index (Phi) is 7.31. The van der Waals surface area contributed by atoms with Gasteiger partial charge in [-0.3, -0.25) is 9.59 Å². The number of hydrogen-bond acceptors (Lipinski definition) is 7. The Balaban J connectivity index is 1.35. The minimum atomic E-state index is -0.309. The van der Waals surface area contributed by atoms with Gasteiger partial charge in [-0.2, -0.15) is 5.10 Å². The zero-order valence-electron chi connectivity index (χ0n) is 19.4. The molecule has 0 aliphatic carbocycles. The van der Waals surface area contributed by atoms with Gasteiger partial charge in [0.25, 0.3) is 5.56 Å². The maximum absolute atomic E-state index is 12.4. The number of nitrogens with one attached hydrogen (secondary N) is 1. The van der Waals surface area contributed by atoms with Gasteiger partial charge >= 0.3 is 0 Å². The van der Waals surface area contributed by atoms with Crippen molar-refractivity contribution in [3.05, 3.63) is 76.6 Å². The second-order valence-corrected chi connectivity index (χ2v) is 7.96. The highest BCUT2D eigenvalue weighted by Gasteiger charge is 2.21. The number of piperazine rings is 1. The number of benzene rings is 2. The normalized spacial score (nSPS) is 13.5. The van der Waals surface area contributed by atoms with Gasteiger partial charge in [0.1, 0.15) is 23.9 Å². The molecule has 4 rings (SSSR count). The van der Waals surface area contributed by atoms with Crippen LogP contribution in [0.5, 0.6) is 11.5 Å². The number of anilines is 2. The van der Waals surface area contributed by atoms with Crippen LogP contribution in [0.2, 0.25) is 0 Å². The molecule has 1 N–H and O–H groups in total. The summed E-state index contributed by atoms with van der Waals surface area (Å²) < 4.78 is 11.8. The van der Waals surface area contributed by atoms with Crippen LogP contribution in [0.4, 0.5) is 11.5 Å². The van der Waals surface area contributed by atoms with Crippen LogP contribution >= 0.6 is 0 Å². The molecule has 3 aromatic rings. The molecule has 2 heterocycles. The molecule has 34 heavy (non-hydrogen) atoms. The Hall–Kier alpha value is -4.01. The lowest BCUT2D eigenvalue weighted by molar-refractivity contribution is -0.122. The molecule has 0 unspecified atom stereocenters. The number of amides is 1. The minimum Gasteiger partial charge on any atom is -0.497 e. The van der Waals surface area contributed by atoms with Crippen molar-refractivity contribution in [2.75, 3.05) is 50.2 Å². The fraction of sp³-hybridized carbons (Fsp3) is 0.320. The van der Waals surface area contributed by atoms with E-state index in [0.717, 1.165) is 48.9 Å².